The predicted molar refractivity (Wildman–Crippen MR) is 106 cm³/mol. The number of hydrogen-bond acceptors (Lipinski definition) is 5. The molecule has 6 nitrogen and oxygen atoms in total. The van der Waals surface area contributed by atoms with Gasteiger partial charge in [-0.1, -0.05) is 24.3 Å². The van der Waals surface area contributed by atoms with E-state index >= 15 is 0 Å². The molecule has 1 atom stereocenters. The van der Waals surface area contributed by atoms with E-state index in [1.165, 1.54) is 41.8 Å². The first-order valence-corrected chi connectivity index (χ1v) is 9.55. The van der Waals surface area contributed by atoms with E-state index in [2.05, 4.69) is 15.6 Å². The molecule has 2 amide bonds. The number of hydrogen-bond donors (Lipinski definition) is 3. The Labute approximate surface area is 173 Å². The Kier molecular flexibility index (Phi) is 6.48. The predicted octanol–water partition coefficient (Wildman–Crippen LogP) is 3.56. The van der Waals surface area contributed by atoms with Crippen LogP contribution in [-0.2, 0) is 11.0 Å². The number of carbonyl (C=O) groups excluding carboxylic acids is 2. The number of amides is 2. The monoisotopic (exact) mass is 435 g/mol. The summed E-state index contributed by atoms with van der Waals surface area (Å²) in [5, 5.41) is 16.3. The molecule has 156 valence electrons. The lowest BCUT2D eigenvalue weighted by atomic mass is 10.0. The minimum atomic E-state index is -4.41. The van der Waals surface area contributed by atoms with Crippen LogP contribution in [0.4, 0.5) is 18.3 Å². The number of benzene rings is 2. The number of aliphatic hydroxyl groups is 1. The van der Waals surface area contributed by atoms with E-state index in [4.69, 9.17) is 0 Å². The van der Waals surface area contributed by atoms with Crippen LogP contribution in [0.1, 0.15) is 15.9 Å². The fraction of sp³-hybridized carbons (Fsp3) is 0.150. The second kappa shape index (κ2) is 9.06. The molecule has 0 aliphatic rings. The Morgan fingerprint density at radius 1 is 1.03 bits per heavy atom. The van der Waals surface area contributed by atoms with Crippen molar-refractivity contribution in [3.8, 4) is 11.1 Å². The molecule has 3 rings (SSSR count). The van der Waals surface area contributed by atoms with E-state index in [-0.39, 0.29) is 5.56 Å². The largest absolute Gasteiger partial charge is 0.416 e. The molecule has 2 aromatic carbocycles. The van der Waals surface area contributed by atoms with Crippen LogP contribution in [0.25, 0.3) is 11.1 Å². The molecule has 10 heteroatoms. The fourth-order valence-electron chi connectivity index (χ4n) is 2.58. The molecule has 0 bridgehead atoms. The van der Waals surface area contributed by atoms with E-state index in [0.29, 0.717) is 16.3 Å². The van der Waals surface area contributed by atoms with Gasteiger partial charge in [0, 0.05) is 17.1 Å². The summed E-state index contributed by atoms with van der Waals surface area (Å²) in [5.41, 5.74) is 0.672. The maximum atomic E-state index is 12.7. The third kappa shape index (κ3) is 5.22. The maximum absolute atomic E-state index is 12.7. The molecule has 0 saturated carbocycles. The standard InChI is InChI=1S/C20H16F3N3O3S/c21-20(22,23)15-7-5-13(6-8-15)12-1-3-14(4-2-12)17(28)25-16(11-27)18(29)26-19-24-9-10-30-19/h1-10,16,27H,11H2,(H,25,28)(H,24,26,29). The number of nitrogens with one attached hydrogen (secondary N) is 2. The van der Waals surface area contributed by atoms with Gasteiger partial charge in [0.15, 0.2) is 5.13 Å². The van der Waals surface area contributed by atoms with Gasteiger partial charge in [-0.05, 0) is 35.4 Å². The number of aliphatic hydroxyl groups excluding tert-OH is 1. The van der Waals surface area contributed by atoms with Crippen LogP contribution in [0.3, 0.4) is 0 Å². The average Bonchev–Trinajstić information content (AvgIpc) is 3.24. The first-order chi connectivity index (χ1) is 14.3. The zero-order valence-corrected chi connectivity index (χ0v) is 16.1. The number of nitrogens with zero attached hydrogens (tertiary/aromatic N) is 1. The molecule has 0 fully saturated rings. The molecular formula is C20H16F3N3O3S. The molecular weight excluding hydrogens is 419 g/mol. The Morgan fingerprint density at radius 2 is 1.63 bits per heavy atom. The van der Waals surface area contributed by atoms with Gasteiger partial charge in [0.1, 0.15) is 6.04 Å². The van der Waals surface area contributed by atoms with Gasteiger partial charge in [-0.3, -0.25) is 9.59 Å². The minimum absolute atomic E-state index is 0.228. The molecule has 1 aromatic heterocycles. The first kappa shape index (κ1) is 21.5. The van der Waals surface area contributed by atoms with Gasteiger partial charge < -0.3 is 15.7 Å². The van der Waals surface area contributed by atoms with Crippen molar-refractivity contribution in [1.82, 2.24) is 10.3 Å². The zero-order chi connectivity index (χ0) is 21.7. The third-order valence-electron chi connectivity index (χ3n) is 4.16. The fourth-order valence-corrected chi connectivity index (χ4v) is 3.11. The van der Waals surface area contributed by atoms with Crippen molar-refractivity contribution < 1.29 is 27.9 Å². The SMILES string of the molecule is O=C(NC(CO)C(=O)Nc1nccs1)c1ccc(-c2ccc(C(F)(F)F)cc2)cc1. The van der Waals surface area contributed by atoms with Crippen molar-refractivity contribution in [2.24, 2.45) is 0 Å². The van der Waals surface area contributed by atoms with Crippen molar-refractivity contribution in [2.45, 2.75) is 12.2 Å². The Balaban J connectivity index is 1.66. The highest BCUT2D eigenvalue weighted by atomic mass is 32.1. The first-order valence-electron chi connectivity index (χ1n) is 8.67. The number of rotatable bonds is 6. The highest BCUT2D eigenvalue weighted by molar-refractivity contribution is 7.13. The molecule has 0 aliphatic carbocycles. The Morgan fingerprint density at radius 3 is 2.13 bits per heavy atom. The lowest BCUT2D eigenvalue weighted by Gasteiger charge is -2.15. The van der Waals surface area contributed by atoms with Crippen LogP contribution in [0.2, 0.25) is 0 Å². The summed E-state index contributed by atoms with van der Waals surface area (Å²) in [6.07, 6.45) is -2.90. The van der Waals surface area contributed by atoms with Crippen LogP contribution in [0.15, 0.2) is 60.1 Å². The maximum Gasteiger partial charge on any atom is 0.416 e. The normalized spacial score (nSPS) is 12.3. The lowest BCUT2D eigenvalue weighted by molar-refractivity contribution is -0.137. The van der Waals surface area contributed by atoms with Gasteiger partial charge in [0.05, 0.1) is 12.2 Å². The second-order valence-electron chi connectivity index (χ2n) is 6.19. The zero-order valence-electron chi connectivity index (χ0n) is 15.3. The van der Waals surface area contributed by atoms with Gasteiger partial charge in [0.25, 0.3) is 11.8 Å². The average molecular weight is 435 g/mol. The summed E-state index contributed by atoms with van der Waals surface area (Å²) in [5.74, 6) is -1.19. The van der Waals surface area contributed by atoms with E-state index in [1.54, 1.807) is 17.5 Å². The second-order valence-corrected chi connectivity index (χ2v) is 7.08. The van der Waals surface area contributed by atoms with Gasteiger partial charge in [-0.25, -0.2) is 4.98 Å². The molecule has 30 heavy (non-hydrogen) atoms. The smallest absolute Gasteiger partial charge is 0.394 e. The quantitative estimate of drug-likeness (QED) is 0.552. The molecule has 0 spiro atoms. The van der Waals surface area contributed by atoms with Gasteiger partial charge in [-0.15, -0.1) is 11.3 Å². The van der Waals surface area contributed by atoms with Crippen LogP contribution >= 0.6 is 11.3 Å². The summed E-state index contributed by atoms with van der Waals surface area (Å²) < 4.78 is 38.0. The third-order valence-corrected chi connectivity index (χ3v) is 4.85. The molecule has 0 radical (unpaired) electrons. The van der Waals surface area contributed by atoms with Crippen LogP contribution in [0, 0.1) is 0 Å². The van der Waals surface area contributed by atoms with E-state index in [0.717, 1.165) is 12.1 Å². The van der Waals surface area contributed by atoms with E-state index in [9.17, 15) is 27.9 Å². The van der Waals surface area contributed by atoms with Crippen LogP contribution in [0.5, 0.6) is 0 Å². The number of halogens is 3. The number of aromatic nitrogens is 1. The molecule has 0 saturated heterocycles. The number of carbonyl (C=O) groups is 2. The highest BCUT2D eigenvalue weighted by Crippen LogP contribution is 2.31. The Bertz CT molecular complexity index is 1000. The summed E-state index contributed by atoms with van der Waals surface area (Å²) in [6.45, 7) is -0.605. The summed E-state index contributed by atoms with van der Waals surface area (Å²) >= 11 is 1.20. The van der Waals surface area contributed by atoms with Crippen molar-refractivity contribution in [3.05, 3.63) is 71.2 Å². The van der Waals surface area contributed by atoms with Crippen molar-refractivity contribution in [1.29, 1.82) is 0 Å². The molecule has 0 aliphatic heterocycles. The number of anilines is 1. The van der Waals surface area contributed by atoms with Crippen LogP contribution in [-0.4, -0.2) is 34.6 Å². The molecule has 3 aromatic rings. The van der Waals surface area contributed by atoms with Crippen molar-refractivity contribution in [2.75, 3.05) is 11.9 Å². The molecule has 3 N–H and O–H groups in total. The van der Waals surface area contributed by atoms with Gasteiger partial charge >= 0.3 is 6.18 Å². The minimum Gasteiger partial charge on any atom is -0.394 e. The summed E-state index contributed by atoms with van der Waals surface area (Å²) in [7, 11) is 0. The van der Waals surface area contributed by atoms with Crippen molar-refractivity contribution >= 4 is 28.3 Å². The van der Waals surface area contributed by atoms with Gasteiger partial charge in [-0.2, -0.15) is 13.2 Å². The molecule has 1 heterocycles. The van der Waals surface area contributed by atoms with E-state index < -0.39 is 36.2 Å². The van der Waals surface area contributed by atoms with Gasteiger partial charge in [0.2, 0.25) is 0 Å². The number of thiazole rings is 1. The van der Waals surface area contributed by atoms with E-state index in [1.807, 2.05) is 0 Å². The molecule has 1 unspecified atom stereocenters. The highest BCUT2D eigenvalue weighted by Gasteiger charge is 2.30. The lowest BCUT2D eigenvalue weighted by Crippen LogP contribution is -2.46. The summed E-state index contributed by atoms with van der Waals surface area (Å²) in [4.78, 5) is 28.4. The topological polar surface area (TPSA) is 91.3 Å². The Hall–Kier alpha value is -3.24. The summed E-state index contributed by atoms with van der Waals surface area (Å²) in [6, 6.07) is 9.64. The van der Waals surface area contributed by atoms with Crippen LogP contribution < -0.4 is 10.6 Å². The van der Waals surface area contributed by atoms with Crippen molar-refractivity contribution in [3.63, 3.8) is 0 Å². The number of alkyl halides is 3.